The smallest absolute Gasteiger partial charge is 0.195 e. The number of hydrogen-bond acceptors (Lipinski definition) is 1. The Labute approximate surface area is 197 Å². The molecule has 2 aromatic heterocycles. The summed E-state index contributed by atoms with van der Waals surface area (Å²) in [4.78, 5) is 0. The molecule has 34 heavy (non-hydrogen) atoms. The maximum absolute atomic E-state index is 6.76. The summed E-state index contributed by atoms with van der Waals surface area (Å²) in [6, 6.07) is 32.5. The first kappa shape index (κ1) is 19.1. The Hall–Kier alpha value is -4.37. The minimum atomic E-state index is 0.916. The van der Waals surface area contributed by atoms with Gasteiger partial charge in [-0.15, -0.1) is 9.36 Å². The average Bonchev–Trinajstić information content (AvgIpc) is 3.46. The second kappa shape index (κ2) is 7.06. The van der Waals surface area contributed by atoms with E-state index in [1.807, 2.05) is 19.3 Å². The molecule has 0 amide bonds. The highest BCUT2D eigenvalue weighted by molar-refractivity contribution is 6.18. The minimum absolute atomic E-state index is 0.916. The molecule has 0 radical (unpaired) electrons. The third-order valence-corrected chi connectivity index (χ3v) is 7.00. The van der Waals surface area contributed by atoms with Crippen molar-refractivity contribution < 1.29 is 9.10 Å². The molecule has 0 saturated heterocycles. The molecule has 0 atom stereocenters. The summed E-state index contributed by atoms with van der Waals surface area (Å²) in [5.41, 5.74) is 6.42. The van der Waals surface area contributed by atoms with Crippen LogP contribution in [-0.2, 0) is 7.05 Å². The molecule has 7 rings (SSSR count). The molecule has 0 aliphatic rings. The lowest BCUT2D eigenvalue weighted by atomic mass is 9.92. The van der Waals surface area contributed by atoms with Crippen molar-refractivity contribution in [3.63, 3.8) is 0 Å². The molecule has 0 bridgehead atoms. The summed E-state index contributed by atoms with van der Waals surface area (Å²) in [5.74, 6) is 0. The molecule has 3 nitrogen and oxygen atoms in total. The fourth-order valence-electron chi connectivity index (χ4n) is 5.37. The number of benzene rings is 5. The number of hydrogen-bond donors (Lipinski definition) is 0. The summed E-state index contributed by atoms with van der Waals surface area (Å²) in [6.45, 7) is 2.14. The molecule has 7 aromatic rings. The van der Waals surface area contributed by atoms with Crippen LogP contribution in [0.4, 0.5) is 0 Å². The Kier molecular flexibility index (Phi) is 3.97. The highest BCUT2D eigenvalue weighted by Crippen LogP contribution is 2.42. The number of aromatic nitrogens is 2. The van der Waals surface area contributed by atoms with Crippen LogP contribution in [0.3, 0.4) is 0 Å². The van der Waals surface area contributed by atoms with Crippen molar-refractivity contribution in [3.8, 4) is 16.8 Å². The first-order chi connectivity index (χ1) is 16.7. The van der Waals surface area contributed by atoms with Gasteiger partial charge in [-0.3, -0.25) is 0 Å². The van der Waals surface area contributed by atoms with Crippen LogP contribution in [0, 0.1) is 6.92 Å². The Balaban J connectivity index is 1.61. The summed E-state index contributed by atoms with van der Waals surface area (Å²) in [6.07, 6.45) is 4.13. The standard InChI is InChI=1S/C31H23N2O/c1-20-15-16-27-25-13-7-14-26(30(25)34-31(27)29(20)33-18-8-17-32(33)2)28-19-21-9-3-4-10-22(21)23-11-5-6-12-24(23)28/h3-19H,1-2H3/q+1. The molecule has 0 saturated carbocycles. The van der Waals surface area contributed by atoms with Crippen molar-refractivity contribution in [1.29, 1.82) is 0 Å². The van der Waals surface area contributed by atoms with E-state index < -0.39 is 0 Å². The topological polar surface area (TPSA) is 21.9 Å². The summed E-state index contributed by atoms with van der Waals surface area (Å²) in [7, 11) is 2.05. The number of fused-ring (bicyclic) bond motifs is 6. The lowest BCUT2D eigenvalue weighted by molar-refractivity contribution is -0.744. The number of rotatable bonds is 2. The molecule has 0 aliphatic heterocycles. The van der Waals surface area contributed by atoms with E-state index in [0.717, 1.165) is 33.2 Å². The van der Waals surface area contributed by atoms with E-state index in [1.165, 1.54) is 32.7 Å². The number of para-hydroxylation sites is 1. The average molecular weight is 440 g/mol. The highest BCUT2D eigenvalue weighted by Gasteiger charge is 2.21. The largest absolute Gasteiger partial charge is 0.453 e. The van der Waals surface area contributed by atoms with Crippen LogP contribution in [0.15, 0.2) is 108 Å². The quantitative estimate of drug-likeness (QED) is 0.202. The Bertz CT molecular complexity index is 1890. The zero-order chi connectivity index (χ0) is 22.8. The van der Waals surface area contributed by atoms with Gasteiger partial charge in [0.05, 0.1) is 6.20 Å². The maximum atomic E-state index is 6.76. The molecule has 2 heterocycles. The van der Waals surface area contributed by atoms with Crippen LogP contribution in [0.1, 0.15) is 5.56 Å². The second-order valence-electron chi connectivity index (χ2n) is 8.99. The van der Waals surface area contributed by atoms with Crippen molar-refractivity contribution in [1.82, 2.24) is 4.68 Å². The van der Waals surface area contributed by atoms with Crippen molar-refractivity contribution >= 4 is 43.5 Å². The summed E-state index contributed by atoms with van der Waals surface area (Å²) >= 11 is 0. The number of nitrogens with zero attached hydrogens (tertiary/aromatic N) is 2. The molecule has 5 aromatic carbocycles. The Morgan fingerprint density at radius 1 is 0.647 bits per heavy atom. The van der Waals surface area contributed by atoms with Crippen molar-refractivity contribution in [2.24, 2.45) is 7.05 Å². The minimum Gasteiger partial charge on any atom is -0.453 e. The normalized spacial score (nSPS) is 11.8. The number of furan rings is 1. The first-order valence-electron chi connectivity index (χ1n) is 11.6. The van der Waals surface area contributed by atoms with E-state index in [-0.39, 0.29) is 0 Å². The Morgan fingerprint density at radius 2 is 1.38 bits per heavy atom. The van der Waals surface area contributed by atoms with Crippen LogP contribution in [0.25, 0.3) is 60.3 Å². The lowest BCUT2D eigenvalue weighted by Crippen LogP contribution is -2.37. The van der Waals surface area contributed by atoms with Crippen LogP contribution >= 0.6 is 0 Å². The van der Waals surface area contributed by atoms with Gasteiger partial charge in [-0.2, -0.15) is 0 Å². The van der Waals surface area contributed by atoms with Crippen LogP contribution in [-0.4, -0.2) is 4.68 Å². The van der Waals surface area contributed by atoms with Gasteiger partial charge in [0, 0.05) is 22.4 Å². The van der Waals surface area contributed by atoms with Gasteiger partial charge in [0.15, 0.2) is 24.5 Å². The Morgan fingerprint density at radius 3 is 2.21 bits per heavy atom. The molecular formula is C31H23N2O+. The molecule has 0 spiro atoms. The molecule has 3 heteroatoms. The van der Waals surface area contributed by atoms with Crippen molar-refractivity contribution in [2.75, 3.05) is 0 Å². The summed E-state index contributed by atoms with van der Waals surface area (Å²) < 4.78 is 11.0. The predicted molar refractivity (Wildman–Crippen MR) is 139 cm³/mol. The summed E-state index contributed by atoms with van der Waals surface area (Å²) in [5, 5.41) is 7.29. The van der Waals surface area contributed by atoms with Gasteiger partial charge in [-0.1, -0.05) is 78.9 Å². The predicted octanol–water partition coefficient (Wildman–Crippen LogP) is 7.48. The third-order valence-electron chi connectivity index (χ3n) is 7.00. The molecular weight excluding hydrogens is 416 g/mol. The SMILES string of the molecule is Cc1ccc2c(oc3c(-c4cc5ccccc5c5ccccc45)cccc32)c1-n1ccc[n+]1C. The fourth-order valence-corrected chi connectivity index (χ4v) is 5.37. The fraction of sp³-hybridized carbons (Fsp3) is 0.0645. The maximum Gasteiger partial charge on any atom is 0.195 e. The van der Waals surface area contributed by atoms with E-state index in [4.69, 9.17) is 4.42 Å². The highest BCUT2D eigenvalue weighted by atomic mass is 16.3. The van der Waals surface area contributed by atoms with Crippen molar-refractivity contribution in [3.05, 3.63) is 109 Å². The van der Waals surface area contributed by atoms with Crippen molar-refractivity contribution in [2.45, 2.75) is 6.92 Å². The molecule has 0 N–H and O–H groups in total. The van der Waals surface area contributed by atoms with Crippen LogP contribution < -0.4 is 4.68 Å². The van der Waals surface area contributed by atoms with E-state index >= 15 is 0 Å². The zero-order valence-corrected chi connectivity index (χ0v) is 19.1. The van der Waals surface area contributed by atoms with Gasteiger partial charge in [0.1, 0.15) is 5.58 Å². The van der Waals surface area contributed by atoms with Gasteiger partial charge in [-0.05, 0) is 45.7 Å². The van der Waals surface area contributed by atoms with Gasteiger partial charge >= 0.3 is 0 Å². The van der Waals surface area contributed by atoms with E-state index in [9.17, 15) is 0 Å². The van der Waals surface area contributed by atoms with Gasteiger partial charge in [0.25, 0.3) is 0 Å². The molecule has 162 valence electrons. The van der Waals surface area contributed by atoms with Gasteiger partial charge in [-0.25, -0.2) is 0 Å². The van der Waals surface area contributed by atoms with E-state index in [2.05, 4.69) is 107 Å². The van der Waals surface area contributed by atoms with E-state index in [0.29, 0.717) is 0 Å². The zero-order valence-electron chi connectivity index (χ0n) is 19.1. The monoisotopic (exact) mass is 439 g/mol. The van der Waals surface area contributed by atoms with Gasteiger partial charge in [0.2, 0.25) is 0 Å². The lowest BCUT2D eigenvalue weighted by Gasteiger charge is -2.11. The third kappa shape index (κ3) is 2.61. The van der Waals surface area contributed by atoms with E-state index in [1.54, 1.807) is 0 Å². The van der Waals surface area contributed by atoms with Gasteiger partial charge < -0.3 is 4.42 Å². The van der Waals surface area contributed by atoms with Crippen LogP contribution in [0.5, 0.6) is 0 Å². The molecule has 0 unspecified atom stereocenters. The number of aryl methyl sites for hydroxylation is 2. The molecule has 0 fully saturated rings. The second-order valence-corrected chi connectivity index (χ2v) is 8.99. The molecule has 0 aliphatic carbocycles. The van der Waals surface area contributed by atoms with Crippen LogP contribution in [0.2, 0.25) is 0 Å². The first-order valence-corrected chi connectivity index (χ1v) is 11.6.